The Kier molecular flexibility index (Phi) is 6.23. The summed E-state index contributed by atoms with van der Waals surface area (Å²) >= 11 is 6.18. The molecule has 2 fully saturated rings. The smallest absolute Gasteiger partial charge is 0.404 e. The molecule has 0 radical (unpaired) electrons. The molecule has 1 saturated carbocycles. The molecule has 1 saturated heterocycles. The Labute approximate surface area is 159 Å². The highest BCUT2D eigenvalue weighted by atomic mass is 35.5. The molecule has 3 N–H and O–H groups in total. The number of benzene rings is 1. The quantitative estimate of drug-likeness (QED) is 0.749. The van der Waals surface area contributed by atoms with E-state index in [0.29, 0.717) is 16.6 Å². The molecule has 0 bridgehead atoms. The van der Waals surface area contributed by atoms with Crippen LogP contribution in [-0.4, -0.2) is 42.4 Å². The molecule has 1 aromatic rings. The van der Waals surface area contributed by atoms with Crippen molar-refractivity contribution in [3.05, 3.63) is 28.8 Å². The molecule has 1 aliphatic heterocycles. The number of carboxylic acid groups (broad SMARTS) is 1. The lowest BCUT2D eigenvalue weighted by molar-refractivity contribution is 0.176. The standard InChI is InChI=1S/C19H25ClN4O2/c20-16-10-15(8-7-13(16)11-21)24-9-3-4-14(12-24)22-17-5-1-2-6-18(17)23-19(25)26/h7-8,10,14,17-18,22-23H,1-6,9,12H2,(H,25,26)/t14?,17-,18-/m1/s1. The Morgan fingerprint density at radius 2 is 2.00 bits per heavy atom. The number of nitriles is 1. The number of amides is 1. The summed E-state index contributed by atoms with van der Waals surface area (Å²) < 4.78 is 0. The number of piperidine rings is 1. The van der Waals surface area contributed by atoms with Crippen LogP contribution in [0, 0.1) is 11.3 Å². The first-order chi connectivity index (χ1) is 12.6. The summed E-state index contributed by atoms with van der Waals surface area (Å²) in [7, 11) is 0. The van der Waals surface area contributed by atoms with Gasteiger partial charge < -0.3 is 20.6 Å². The van der Waals surface area contributed by atoms with Crippen LogP contribution >= 0.6 is 11.6 Å². The fraction of sp³-hybridized carbons (Fsp3) is 0.579. The van der Waals surface area contributed by atoms with Crippen LogP contribution in [0.4, 0.5) is 10.5 Å². The van der Waals surface area contributed by atoms with Gasteiger partial charge in [0.05, 0.1) is 10.6 Å². The van der Waals surface area contributed by atoms with Crippen molar-refractivity contribution in [1.82, 2.24) is 10.6 Å². The molecule has 1 aliphatic carbocycles. The average Bonchev–Trinajstić information content (AvgIpc) is 2.63. The van der Waals surface area contributed by atoms with Gasteiger partial charge in [-0.1, -0.05) is 24.4 Å². The van der Waals surface area contributed by atoms with E-state index in [4.69, 9.17) is 22.0 Å². The molecule has 26 heavy (non-hydrogen) atoms. The van der Waals surface area contributed by atoms with Gasteiger partial charge in [-0.3, -0.25) is 0 Å². The number of carbonyl (C=O) groups is 1. The Morgan fingerprint density at radius 1 is 1.23 bits per heavy atom. The van der Waals surface area contributed by atoms with Crippen LogP contribution in [0.15, 0.2) is 18.2 Å². The van der Waals surface area contributed by atoms with Crippen molar-refractivity contribution in [3.8, 4) is 6.07 Å². The van der Waals surface area contributed by atoms with E-state index in [-0.39, 0.29) is 12.1 Å². The van der Waals surface area contributed by atoms with E-state index in [2.05, 4.69) is 21.6 Å². The zero-order valence-electron chi connectivity index (χ0n) is 14.7. The van der Waals surface area contributed by atoms with Crippen LogP contribution in [0.1, 0.15) is 44.1 Å². The fourth-order valence-corrected chi connectivity index (χ4v) is 4.32. The van der Waals surface area contributed by atoms with Crippen LogP contribution in [0.25, 0.3) is 0 Å². The number of hydrogen-bond acceptors (Lipinski definition) is 4. The summed E-state index contributed by atoms with van der Waals surface area (Å²) in [6.07, 6.45) is 5.31. The number of hydrogen-bond donors (Lipinski definition) is 3. The van der Waals surface area contributed by atoms with Crippen LogP contribution in [0.3, 0.4) is 0 Å². The monoisotopic (exact) mass is 376 g/mol. The van der Waals surface area contributed by atoms with Gasteiger partial charge in [0, 0.05) is 36.9 Å². The third-order valence-corrected chi connectivity index (χ3v) is 5.70. The lowest BCUT2D eigenvalue weighted by Gasteiger charge is -2.40. The number of nitrogens with zero attached hydrogens (tertiary/aromatic N) is 2. The molecule has 3 rings (SSSR count). The molecule has 1 aromatic carbocycles. The van der Waals surface area contributed by atoms with E-state index in [0.717, 1.165) is 57.3 Å². The van der Waals surface area contributed by atoms with Crippen molar-refractivity contribution in [2.75, 3.05) is 18.0 Å². The number of halogens is 1. The van der Waals surface area contributed by atoms with Gasteiger partial charge in [0.15, 0.2) is 0 Å². The Bertz CT molecular complexity index is 691. The van der Waals surface area contributed by atoms with Crippen molar-refractivity contribution in [1.29, 1.82) is 5.26 Å². The van der Waals surface area contributed by atoms with Crippen LogP contribution in [-0.2, 0) is 0 Å². The zero-order chi connectivity index (χ0) is 18.5. The normalized spacial score (nSPS) is 26.2. The minimum Gasteiger partial charge on any atom is -0.465 e. The first-order valence-electron chi connectivity index (χ1n) is 9.27. The summed E-state index contributed by atoms with van der Waals surface area (Å²) in [6.45, 7) is 1.82. The van der Waals surface area contributed by atoms with E-state index in [1.807, 2.05) is 12.1 Å². The van der Waals surface area contributed by atoms with Gasteiger partial charge >= 0.3 is 6.09 Å². The zero-order valence-corrected chi connectivity index (χ0v) is 15.5. The topological polar surface area (TPSA) is 88.4 Å². The maximum absolute atomic E-state index is 11.0. The maximum atomic E-state index is 11.0. The van der Waals surface area contributed by atoms with E-state index in [1.165, 1.54) is 0 Å². The molecule has 2 aliphatic rings. The molecular weight excluding hydrogens is 352 g/mol. The predicted octanol–water partition coefficient (Wildman–Crippen LogP) is 3.35. The minimum absolute atomic E-state index is 0.0130. The molecule has 0 aromatic heterocycles. The molecule has 3 atom stereocenters. The third kappa shape index (κ3) is 4.60. The molecule has 140 valence electrons. The minimum atomic E-state index is -0.943. The van der Waals surface area contributed by atoms with Crippen molar-refractivity contribution in [3.63, 3.8) is 0 Å². The second kappa shape index (κ2) is 8.61. The SMILES string of the molecule is N#Cc1ccc(N2CCCC(N[C@@H]3CCCC[C@H]3NC(=O)O)C2)cc1Cl. The molecule has 1 unspecified atom stereocenters. The molecule has 0 spiro atoms. The molecule has 1 amide bonds. The Balaban J connectivity index is 1.63. The van der Waals surface area contributed by atoms with Gasteiger partial charge in [-0.05, 0) is 43.9 Å². The lowest BCUT2D eigenvalue weighted by Crippen LogP contribution is -2.57. The summed E-state index contributed by atoms with van der Waals surface area (Å²) in [5.41, 5.74) is 1.52. The van der Waals surface area contributed by atoms with Gasteiger partial charge in [-0.15, -0.1) is 0 Å². The Hall–Kier alpha value is -1.97. The van der Waals surface area contributed by atoms with E-state index < -0.39 is 6.09 Å². The number of rotatable bonds is 4. The van der Waals surface area contributed by atoms with Gasteiger partial charge in [0.1, 0.15) is 6.07 Å². The first-order valence-corrected chi connectivity index (χ1v) is 9.64. The lowest BCUT2D eigenvalue weighted by atomic mass is 9.89. The highest BCUT2D eigenvalue weighted by Gasteiger charge is 2.30. The highest BCUT2D eigenvalue weighted by molar-refractivity contribution is 6.32. The predicted molar refractivity (Wildman–Crippen MR) is 102 cm³/mol. The second-order valence-electron chi connectivity index (χ2n) is 7.17. The van der Waals surface area contributed by atoms with Gasteiger partial charge in [-0.2, -0.15) is 5.26 Å². The van der Waals surface area contributed by atoms with Gasteiger partial charge in [-0.25, -0.2) is 4.79 Å². The molecule has 1 heterocycles. The second-order valence-corrected chi connectivity index (χ2v) is 7.58. The van der Waals surface area contributed by atoms with Gasteiger partial charge in [0.25, 0.3) is 0 Å². The molecular formula is C19H25ClN4O2. The average molecular weight is 377 g/mol. The van der Waals surface area contributed by atoms with E-state index >= 15 is 0 Å². The first kappa shape index (κ1) is 18.8. The van der Waals surface area contributed by atoms with Crippen molar-refractivity contribution >= 4 is 23.4 Å². The summed E-state index contributed by atoms with van der Waals surface area (Å²) in [6, 6.07) is 8.16. The van der Waals surface area contributed by atoms with Gasteiger partial charge in [0.2, 0.25) is 0 Å². The van der Waals surface area contributed by atoms with Crippen molar-refractivity contribution < 1.29 is 9.90 Å². The van der Waals surface area contributed by atoms with Crippen molar-refractivity contribution in [2.24, 2.45) is 0 Å². The van der Waals surface area contributed by atoms with E-state index in [9.17, 15) is 4.79 Å². The van der Waals surface area contributed by atoms with Crippen LogP contribution in [0.5, 0.6) is 0 Å². The molecule has 7 heteroatoms. The Morgan fingerprint density at radius 3 is 2.69 bits per heavy atom. The summed E-state index contributed by atoms with van der Waals surface area (Å²) in [5, 5.41) is 25.0. The summed E-state index contributed by atoms with van der Waals surface area (Å²) in [4.78, 5) is 13.3. The largest absolute Gasteiger partial charge is 0.465 e. The van der Waals surface area contributed by atoms with Crippen LogP contribution in [0.2, 0.25) is 5.02 Å². The fourth-order valence-electron chi connectivity index (χ4n) is 4.10. The van der Waals surface area contributed by atoms with E-state index in [1.54, 1.807) is 6.07 Å². The molecule has 6 nitrogen and oxygen atoms in total. The van der Waals surface area contributed by atoms with Crippen molar-refractivity contribution in [2.45, 2.75) is 56.7 Å². The number of anilines is 1. The summed E-state index contributed by atoms with van der Waals surface area (Å²) in [5.74, 6) is 0. The highest BCUT2D eigenvalue weighted by Crippen LogP contribution is 2.27. The maximum Gasteiger partial charge on any atom is 0.404 e. The third-order valence-electron chi connectivity index (χ3n) is 5.38. The number of nitrogens with one attached hydrogen (secondary N) is 2. The van der Waals surface area contributed by atoms with Crippen LogP contribution < -0.4 is 15.5 Å².